The van der Waals surface area contributed by atoms with Gasteiger partial charge in [0, 0.05) is 29.7 Å². The van der Waals surface area contributed by atoms with Crippen molar-refractivity contribution < 1.29 is 9.84 Å². The van der Waals surface area contributed by atoms with Gasteiger partial charge in [-0.05, 0) is 26.0 Å². The Balaban J connectivity index is 2.18. The molecule has 3 nitrogen and oxygen atoms in total. The summed E-state index contributed by atoms with van der Waals surface area (Å²) in [5, 5.41) is 10.8. The van der Waals surface area contributed by atoms with Gasteiger partial charge in [0.25, 0.3) is 0 Å². The van der Waals surface area contributed by atoms with Crippen molar-refractivity contribution in [2.75, 3.05) is 13.2 Å². The van der Waals surface area contributed by atoms with Gasteiger partial charge in [-0.15, -0.1) is 0 Å². The second kappa shape index (κ2) is 5.66. The van der Waals surface area contributed by atoms with Crippen LogP contribution in [0.15, 0.2) is 12.1 Å². The van der Waals surface area contributed by atoms with Crippen molar-refractivity contribution in [2.24, 2.45) is 0 Å². The largest absolute Gasteiger partial charge is 0.506 e. The number of nitrogens with zero attached hydrogens (tertiary/aromatic N) is 1. The molecule has 0 bridgehead atoms. The number of aromatic hydroxyl groups is 1. The smallest absolute Gasteiger partial charge is 0.138 e. The molecule has 18 heavy (non-hydrogen) atoms. The Morgan fingerprint density at radius 3 is 2.83 bits per heavy atom. The maximum absolute atomic E-state index is 9.96. The van der Waals surface area contributed by atoms with Gasteiger partial charge in [0.2, 0.25) is 0 Å². The van der Waals surface area contributed by atoms with Gasteiger partial charge in [-0.25, -0.2) is 0 Å². The number of ether oxygens (including phenoxy) is 1. The van der Waals surface area contributed by atoms with E-state index in [1.165, 1.54) is 0 Å². The summed E-state index contributed by atoms with van der Waals surface area (Å²) < 4.78 is 5.58. The van der Waals surface area contributed by atoms with Crippen molar-refractivity contribution >= 4 is 23.2 Å². The van der Waals surface area contributed by atoms with Crippen LogP contribution in [0.2, 0.25) is 10.0 Å². The first-order valence-corrected chi connectivity index (χ1v) is 6.75. The lowest BCUT2D eigenvalue weighted by Crippen LogP contribution is -2.46. The first-order chi connectivity index (χ1) is 8.47. The van der Waals surface area contributed by atoms with Gasteiger partial charge >= 0.3 is 0 Å². The lowest BCUT2D eigenvalue weighted by Gasteiger charge is -2.36. The van der Waals surface area contributed by atoms with E-state index < -0.39 is 0 Å². The number of benzene rings is 1. The molecule has 100 valence electrons. The van der Waals surface area contributed by atoms with Crippen LogP contribution in [0.4, 0.5) is 0 Å². The third-order valence-electron chi connectivity index (χ3n) is 3.22. The Labute approximate surface area is 117 Å². The molecule has 2 atom stereocenters. The number of halogens is 2. The van der Waals surface area contributed by atoms with E-state index in [4.69, 9.17) is 27.9 Å². The summed E-state index contributed by atoms with van der Waals surface area (Å²) in [6.45, 7) is 6.32. The van der Waals surface area contributed by atoms with E-state index in [-0.39, 0.29) is 11.9 Å². The Morgan fingerprint density at radius 1 is 1.39 bits per heavy atom. The van der Waals surface area contributed by atoms with Crippen LogP contribution in [0, 0.1) is 0 Å². The highest BCUT2D eigenvalue weighted by Crippen LogP contribution is 2.32. The predicted octanol–water partition coefficient (Wildman–Crippen LogP) is 3.31. The molecule has 0 amide bonds. The van der Waals surface area contributed by atoms with E-state index in [0.29, 0.717) is 29.2 Å². The van der Waals surface area contributed by atoms with E-state index in [0.717, 1.165) is 12.1 Å². The highest BCUT2D eigenvalue weighted by atomic mass is 35.5. The molecule has 5 heteroatoms. The molecule has 1 fully saturated rings. The molecule has 0 spiro atoms. The Hall–Kier alpha value is -0.480. The van der Waals surface area contributed by atoms with Gasteiger partial charge in [0.15, 0.2) is 0 Å². The number of hydrogen-bond donors (Lipinski definition) is 1. The summed E-state index contributed by atoms with van der Waals surface area (Å²) in [6, 6.07) is 3.63. The number of rotatable bonds is 2. The molecule has 1 aromatic rings. The monoisotopic (exact) mass is 289 g/mol. The summed E-state index contributed by atoms with van der Waals surface area (Å²) in [7, 11) is 0. The maximum Gasteiger partial charge on any atom is 0.138 e. The minimum absolute atomic E-state index is 0.118. The first-order valence-electron chi connectivity index (χ1n) is 6.00. The topological polar surface area (TPSA) is 32.7 Å². The minimum atomic E-state index is 0.118. The van der Waals surface area contributed by atoms with Gasteiger partial charge in [-0.1, -0.05) is 23.2 Å². The van der Waals surface area contributed by atoms with E-state index in [1.807, 2.05) is 6.92 Å². The molecular weight excluding hydrogens is 273 g/mol. The molecular formula is C13H17Cl2NO2. The molecule has 2 unspecified atom stereocenters. The third-order valence-corrected chi connectivity index (χ3v) is 3.72. The van der Waals surface area contributed by atoms with E-state index >= 15 is 0 Å². The van der Waals surface area contributed by atoms with E-state index in [1.54, 1.807) is 12.1 Å². The molecule has 1 aliphatic heterocycles. The first kappa shape index (κ1) is 13.9. The lowest BCUT2D eigenvalue weighted by molar-refractivity contribution is -0.0528. The SMILES string of the molecule is CC1CN(Cc2cc(Cl)cc(Cl)c2O)C(C)CO1. The zero-order chi connectivity index (χ0) is 13.3. The summed E-state index contributed by atoms with van der Waals surface area (Å²) >= 11 is 11.9. The summed E-state index contributed by atoms with van der Waals surface area (Å²) in [5.74, 6) is 0.118. The van der Waals surface area contributed by atoms with Crippen molar-refractivity contribution in [1.82, 2.24) is 4.90 Å². The number of hydrogen-bond acceptors (Lipinski definition) is 3. The molecule has 0 radical (unpaired) electrons. The second-order valence-electron chi connectivity index (χ2n) is 4.82. The Bertz CT molecular complexity index is 439. The predicted molar refractivity (Wildman–Crippen MR) is 73.4 cm³/mol. The third kappa shape index (κ3) is 3.09. The quantitative estimate of drug-likeness (QED) is 0.907. The van der Waals surface area contributed by atoms with Crippen LogP contribution in [0.1, 0.15) is 19.4 Å². The van der Waals surface area contributed by atoms with E-state index in [2.05, 4.69) is 11.8 Å². The van der Waals surface area contributed by atoms with Crippen molar-refractivity contribution in [1.29, 1.82) is 0 Å². The number of phenolic OH excluding ortho intramolecular Hbond substituents is 1. The van der Waals surface area contributed by atoms with Gasteiger partial charge < -0.3 is 9.84 Å². The fourth-order valence-corrected chi connectivity index (χ4v) is 2.69. The van der Waals surface area contributed by atoms with Crippen LogP contribution < -0.4 is 0 Å². The summed E-state index contributed by atoms with van der Waals surface area (Å²) in [4.78, 5) is 2.26. The highest BCUT2D eigenvalue weighted by molar-refractivity contribution is 6.35. The molecule has 1 aromatic carbocycles. The van der Waals surface area contributed by atoms with Crippen LogP contribution in [0.3, 0.4) is 0 Å². The normalized spacial score (nSPS) is 25.3. The van der Waals surface area contributed by atoms with Gasteiger partial charge in [0.05, 0.1) is 17.7 Å². The fourth-order valence-electron chi connectivity index (χ4n) is 2.15. The van der Waals surface area contributed by atoms with Crippen LogP contribution in [0.5, 0.6) is 5.75 Å². The molecule has 1 heterocycles. The van der Waals surface area contributed by atoms with E-state index in [9.17, 15) is 5.11 Å². The van der Waals surface area contributed by atoms with Crippen molar-refractivity contribution in [2.45, 2.75) is 32.5 Å². The molecule has 1 saturated heterocycles. The average Bonchev–Trinajstić information content (AvgIpc) is 2.30. The maximum atomic E-state index is 9.96. The van der Waals surface area contributed by atoms with Crippen molar-refractivity contribution in [3.63, 3.8) is 0 Å². The Morgan fingerprint density at radius 2 is 2.11 bits per heavy atom. The molecule has 0 aromatic heterocycles. The van der Waals surface area contributed by atoms with Gasteiger partial charge in [0.1, 0.15) is 5.75 Å². The average molecular weight is 290 g/mol. The van der Waals surface area contributed by atoms with Crippen molar-refractivity contribution in [3.8, 4) is 5.75 Å². The summed E-state index contributed by atoms with van der Waals surface area (Å²) in [6.07, 6.45) is 0.206. The molecule has 1 N–H and O–H groups in total. The zero-order valence-electron chi connectivity index (χ0n) is 10.5. The number of phenols is 1. The zero-order valence-corrected chi connectivity index (χ0v) is 12.0. The second-order valence-corrected chi connectivity index (χ2v) is 5.66. The summed E-state index contributed by atoms with van der Waals surface area (Å²) in [5.41, 5.74) is 0.758. The van der Waals surface area contributed by atoms with Crippen LogP contribution >= 0.6 is 23.2 Å². The number of morpholine rings is 1. The van der Waals surface area contributed by atoms with Crippen LogP contribution in [0.25, 0.3) is 0 Å². The molecule has 0 saturated carbocycles. The lowest BCUT2D eigenvalue weighted by atomic mass is 10.1. The molecule has 0 aliphatic carbocycles. The standard InChI is InChI=1S/C13H17Cl2NO2/c1-8-7-18-9(2)5-16(8)6-10-3-11(14)4-12(15)13(10)17/h3-4,8-9,17H,5-7H2,1-2H3. The highest BCUT2D eigenvalue weighted by Gasteiger charge is 2.24. The van der Waals surface area contributed by atoms with Crippen LogP contribution in [-0.4, -0.2) is 35.3 Å². The Kier molecular flexibility index (Phi) is 4.38. The van der Waals surface area contributed by atoms with Gasteiger partial charge in [-0.3, -0.25) is 4.90 Å². The molecule has 1 aliphatic rings. The molecule has 2 rings (SSSR count). The van der Waals surface area contributed by atoms with Crippen LogP contribution in [-0.2, 0) is 11.3 Å². The fraction of sp³-hybridized carbons (Fsp3) is 0.538. The van der Waals surface area contributed by atoms with Crippen molar-refractivity contribution in [3.05, 3.63) is 27.7 Å². The van der Waals surface area contributed by atoms with Gasteiger partial charge in [-0.2, -0.15) is 0 Å². The minimum Gasteiger partial charge on any atom is -0.506 e.